The van der Waals surface area contributed by atoms with Gasteiger partial charge in [-0.15, -0.1) is 0 Å². The number of carbonyl (C=O) groups is 3. The van der Waals surface area contributed by atoms with Crippen LogP contribution >= 0.6 is 0 Å². The predicted octanol–water partition coefficient (Wildman–Crippen LogP) is 10.8. The number of esters is 2. The molecule has 0 aromatic heterocycles. The highest BCUT2D eigenvalue weighted by atomic mass is 16.5. The number of hydrogen-bond donors (Lipinski definition) is 1. The van der Waals surface area contributed by atoms with Gasteiger partial charge in [0.05, 0.1) is 23.3 Å². The van der Waals surface area contributed by atoms with Crippen molar-refractivity contribution >= 4 is 28.7 Å². The van der Waals surface area contributed by atoms with Crippen molar-refractivity contribution in [3.05, 3.63) is 102 Å². The Kier molecular flexibility index (Phi) is 15.0. The van der Waals surface area contributed by atoms with Gasteiger partial charge in [0.15, 0.2) is 0 Å². The van der Waals surface area contributed by atoms with Gasteiger partial charge in [0, 0.05) is 0 Å². The smallest absolute Gasteiger partial charge is 0.344 e. The van der Waals surface area contributed by atoms with Crippen LogP contribution in [0.5, 0.6) is 17.2 Å². The van der Waals surface area contributed by atoms with Crippen LogP contribution in [0.2, 0.25) is 0 Å². The van der Waals surface area contributed by atoms with E-state index >= 15 is 0 Å². The summed E-state index contributed by atoms with van der Waals surface area (Å²) in [6, 6.07) is 22.8. The van der Waals surface area contributed by atoms with Crippen LogP contribution in [-0.2, 0) is 0 Å². The van der Waals surface area contributed by atoms with E-state index in [1.54, 1.807) is 6.07 Å². The van der Waals surface area contributed by atoms with Crippen LogP contribution < -0.4 is 14.2 Å². The minimum atomic E-state index is -1.06. The maximum absolute atomic E-state index is 13.1. The van der Waals surface area contributed by atoms with Crippen LogP contribution in [-0.4, -0.2) is 29.6 Å². The van der Waals surface area contributed by atoms with Gasteiger partial charge in [-0.05, 0) is 90.0 Å². The van der Waals surface area contributed by atoms with Crippen molar-refractivity contribution in [2.24, 2.45) is 0 Å². The molecule has 0 unspecified atom stereocenters. The Bertz CT molecular complexity index is 1590. The maximum Gasteiger partial charge on any atom is 0.344 e. The molecule has 0 radical (unpaired) electrons. The molecule has 4 rings (SSSR count). The fraction of sp³-hybridized carbons (Fsp3) is 0.390. The topological polar surface area (TPSA) is 99.1 Å². The van der Waals surface area contributed by atoms with E-state index in [1.165, 1.54) is 132 Å². The quantitative estimate of drug-likeness (QED) is 0.0543. The number of unbranched alkanes of at least 4 members (excludes halogenated alkanes) is 13. The van der Waals surface area contributed by atoms with Crippen molar-refractivity contribution in [3.63, 3.8) is 0 Å². The summed E-state index contributed by atoms with van der Waals surface area (Å²) in [5.74, 6) is -0.904. The van der Waals surface area contributed by atoms with Gasteiger partial charge in [-0.3, -0.25) is 0 Å². The van der Waals surface area contributed by atoms with E-state index in [4.69, 9.17) is 19.3 Å². The Hall–Kier alpha value is -4.65. The average molecular weight is 653 g/mol. The second-order valence-corrected chi connectivity index (χ2v) is 12.3. The molecule has 0 heterocycles. The Morgan fingerprint density at radius 3 is 1.60 bits per heavy atom. The Morgan fingerprint density at radius 2 is 1.04 bits per heavy atom. The molecule has 4 aromatic rings. The summed E-state index contributed by atoms with van der Waals surface area (Å²) in [5.41, 5.74) is 0.777. The number of aromatic carboxylic acids is 1. The van der Waals surface area contributed by atoms with Crippen LogP contribution in [0.15, 0.2) is 84.9 Å². The van der Waals surface area contributed by atoms with Crippen LogP contribution in [0.1, 0.15) is 128 Å². The van der Waals surface area contributed by atoms with Crippen LogP contribution in [0.3, 0.4) is 0 Å². The first kappa shape index (κ1) is 36.2. The Morgan fingerprint density at radius 1 is 0.542 bits per heavy atom. The Balaban J connectivity index is 1.16. The van der Waals surface area contributed by atoms with Crippen molar-refractivity contribution in [3.8, 4) is 17.2 Å². The molecule has 254 valence electrons. The SMILES string of the molecule is CCCCCCCCCCCCCCCCOc1ccc2c(C(=O)Oc3ccc(C(=O)Oc4ccc(C(=O)O)cc4)cc3)cccc2c1. The zero-order chi connectivity index (χ0) is 34.0. The highest BCUT2D eigenvalue weighted by Gasteiger charge is 2.15. The fourth-order valence-corrected chi connectivity index (χ4v) is 5.67. The molecule has 0 aliphatic carbocycles. The van der Waals surface area contributed by atoms with Gasteiger partial charge in [-0.25, -0.2) is 14.4 Å². The highest BCUT2D eigenvalue weighted by molar-refractivity contribution is 6.05. The summed E-state index contributed by atoms with van der Waals surface area (Å²) in [7, 11) is 0. The number of ether oxygens (including phenoxy) is 3. The summed E-state index contributed by atoms with van der Waals surface area (Å²) < 4.78 is 16.9. The number of fused-ring (bicyclic) bond motifs is 1. The lowest BCUT2D eigenvalue weighted by molar-refractivity contribution is 0.0694. The van der Waals surface area contributed by atoms with Crippen LogP contribution in [0.4, 0.5) is 0 Å². The Labute approximate surface area is 284 Å². The number of carboxylic acids is 1. The number of carboxylic acid groups (broad SMARTS) is 1. The van der Waals surface area contributed by atoms with Gasteiger partial charge in [0.1, 0.15) is 17.2 Å². The molecule has 0 bridgehead atoms. The van der Waals surface area contributed by atoms with Gasteiger partial charge >= 0.3 is 17.9 Å². The lowest BCUT2D eigenvalue weighted by Crippen LogP contribution is -2.11. The molecule has 7 heteroatoms. The molecule has 1 N–H and O–H groups in total. The van der Waals surface area contributed by atoms with Gasteiger partial charge in [-0.2, -0.15) is 0 Å². The number of carbonyl (C=O) groups excluding carboxylic acids is 2. The molecule has 0 fully saturated rings. The van der Waals surface area contributed by atoms with Gasteiger partial charge in [0.25, 0.3) is 0 Å². The van der Waals surface area contributed by atoms with E-state index in [0.717, 1.165) is 22.9 Å². The fourth-order valence-electron chi connectivity index (χ4n) is 5.67. The molecule has 4 aromatic carbocycles. The summed E-state index contributed by atoms with van der Waals surface area (Å²) in [5, 5.41) is 10.7. The van der Waals surface area contributed by atoms with Gasteiger partial charge < -0.3 is 19.3 Å². The summed E-state index contributed by atoms with van der Waals surface area (Å²) in [6.45, 7) is 2.94. The molecule has 0 amide bonds. The second kappa shape index (κ2) is 19.9. The third-order valence-electron chi connectivity index (χ3n) is 8.45. The molecule has 7 nitrogen and oxygen atoms in total. The van der Waals surface area contributed by atoms with E-state index in [0.29, 0.717) is 12.2 Å². The summed E-state index contributed by atoms with van der Waals surface area (Å²) in [4.78, 5) is 36.6. The lowest BCUT2D eigenvalue weighted by atomic mass is 10.0. The van der Waals surface area contributed by atoms with Gasteiger partial charge in [0.2, 0.25) is 0 Å². The summed E-state index contributed by atoms with van der Waals surface area (Å²) >= 11 is 0. The first-order valence-corrected chi connectivity index (χ1v) is 17.5. The minimum Gasteiger partial charge on any atom is -0.494 e. The van der Waals surface area contributed by atoms with Crippen molar-refractivity contribution in [2.45, 2.75) is 96.8 Å². The molecule has 48 heavy (non-hydrogen) atoms. The first-order valence-electron chi connectivity index (χ1n) is 17.5. The summed E-state index contributed by atoms with van der Waals surface area (Å²) in [6.07, 6.45) is 18.5. The van der Waals surface area contributed by atoms with Crippen LogP contribution in [0, 0.1) is 0 Å². The average Bonchev–Trinajstić information content (AvgIpc) is 3.10. The first-order chi connectivity index (χ1) is 23.4. The monoisotopic (exact) mass is 652 g/mol. The maximum atomic E-state index is 13.1. The third-order valence-corrected chi connectivity index (χ3v) is 8.45. The van der Waals surface area contributed by atoms with Crippen LogP contribution in [0.25, 0.3) is 10.8 Å². The molecule has 0 atom stereocenters. The second-order valence-electron chi connectivity index (χ2n) is 12.3. The van der Waals surface area contributed by atoms with Crippen molar-refractivity contribution < 1.29 is 33.7 Å². The minimum absolute atomic E-state index is 0.0938. The van der Waals surface area contributed by atoms with Crippen molar-refractivity contribution in [2.75, 3.05) is 6.61 Å². The lowest BCUT2D eigenvalue weighted by Gasteiger charge is -2.10. The van der Waals surface area contributed by atoms with E-state index < -0.39 is 17.9 Å². The number of benzene rings is 4. The van der Waals surface area contributed by atoms with E-state index in [-0.39, 0.29) is 22.6 Å². The highest BCUT2D eigenvalue weighted by Crippen LogP contribution is 2.26. The number of hydrogen-bond acceptors (Lipinski definition) is 6. The largest absolute Gasteiger partial charge is 0.494 e. The van der Waals surface area contributed by atoms with E-state index in [2.05, 4.69) is 6.92 Å². The third kappa shape index (κ3) is 11.9. The molecule has 0 aliphatic rings. The molecule has 0 saturated carbocycles. The number of rotatable bonds is 21. The van der Waals surface area contributed by atoms with Crippen molar-refractivity contribution in [1.29, 1.82) is 0 Å². The molecular formula is C41H48O7. The molecular weight excluding hydrogens is 604 g/mol. The molecule has 0 spiro atoms. The normalized spacial score (nSPS) is 10.9. The van der Waals surface area contributed by atoms with E-state index in [1.807, 2.05) is 30.3 Å². The predicted molar refractivity (Wildman–Crippen MR) is 190 cm³/mol. The van der Waals surface area contributed by atoms with E-state index in [9.17, 15) is 14.4 Å². The zero-order valence-electron chi connectivity index (χ0n) is 28.1. The molecule has 0 aliphatic heterocycles. The van der Waals surface area contributed by atoms with Gasteiger partial charge in [-0.1, -0.05) is 103 Å². The zero-order valence-corrected chi connectivity index (χ0v) is 28.1. The molecule has 0 saturated heterocycles. The van der Waals surface area contributed by atoms with Crippen molar-refractivity contribution in [1.82, 2.24) is 0 Å². The standard InChI is InChI=1S/C41H48O7/c1-2-3-4-5-6-7-8-9-10-11-12-13-14-15-29-46-36-27-28-37-33(30-36)17-16-18-38(37)41(45)48-35-25-21-32(22-26-35)40(44)47-34-23-19-31(20-24-34)39(42)43/h16-28,30H,2-15,29H2,1H3,(H,42,43).